The van der Waals surface area contributed by atoms with E-state index < -0.39 is 0 Å². The van der Waals surface area contributed by atoms with Crippen molar-refractivity contribution < 1.29 is 0 Å². The predicted octanol–water partition coefficient (Wildman–Crippen LogP) is 3.15. The highest BCUT2D eigenvalue weighted by atomic mass is 32.1. The van der Waals surface area contributed by atoms with Crippen molar-refractivity contribution in [2.75, 3.05) is 0 Å². The van der Waals surface area contributed by atoms with E-state index in [4.69, 9.17) is 5.53 Å². The fourth-order valence-corrected chi connectivity index (χ4v) is 2.01. The minimum Gasteiger partial charge on any atom is -0.283 e. The summed E-state index contributed by atoms with van der Waals surface area (Å²) in [5, 5.41) is 7.24. The SMILES string of the molecule is Cc1c(N=[N+]=[N-])ccn(-c2ccsc2)c1=O. The van der Waals surface area contributed by atoms with Crippen molar-refractivity contribution in [3.05, 3.63) is 55.4 Å². The number of rotatable bonds is 2. The van der Waals surface area contributed by atoms with Gasteiger partial charge in [-0.3, -0.25) is 9.36 Å². The molecule has 0 aliphatic heterocycles. The minimum atomic E-state index is -0.164. The van der Waals surface area contributed by atoms with Crippen LogP contribution < -0.4 is 5.56 Å². The summed E-state index contributed by atoms with van der Waals surface area (Å²) < 4.78 is 1.53. The van der Waals surface area contributed by atoms with Crippen LogP contribution in [0, 0.1) is 6.92 Å². The molecule has 0 spiro atoms. The Morgan fingerprint density at radius 2 is 2.31 bits per heavy atom. The summed E-state index contributed by atoms with van der Waals surface area (Å²) in [4.78, 5) is 14.6. The molecule has 2 heterocycles. The first-order valence-electron chi connectivity index (χ1n) is 4.54. The molecule has 0 amide bonds. The number of aromatic nitrogens is 1. The number of hydrogen-bond donors (Lipinski definition) is 0. The van der Waals surface area contributed by atoms with Crippen molar-refractivity contribution >= 4 is 17.0 Å². The van der Waals surface area contributed by atoms with E-state index >= 15 is 0 Å². The Hall–Kier alpha value is -2.04. The van der Waals surface area contributed by atoms with Crippen LogP contribution in [0.15, 0.2) is 39.0 Å². The van der Waals surface area contributed by atoms with Crippen molar-refractivity contribution in [2.24, 2.45) is 5.11 Å². The third kappa shape index (κ3) is 1.71. The fraction of sp³-hybridized carbons (Fsp3) is 0.100. The van der Waals surface area contributed by atoms with Gasteiger partial charge in [-0.25, -0.2) is 0 Å². The molecule has 0 atom stereocenters. The Bertz CT molecular complexity index is 608. The number of thiophene rings is 1. The Morgan fingerprint density at radius 3 is 2.94 bits per heavy atom. The van der Waals surface area contributed by atoms with Gasteiger partial charge in [0.25, 0.3) is 5.56 Å². The second kappa shape index (κ2) is 4.22. The highest BCUT2D eigenvalue weighted by Gasteiger charge is 2.05. The Morgan fingerprint density at radius 1 is 1.50 bits per heavy atom. The second-order valence-electron chi connectivity index (χ2n) is 3.17. The van der Waals surface area contributed by atoms with Gasteiger partial charge in [-0.1, -0.05) is 5.11 Å². The van der Waals surface area contributed by atoms with Crippen LogP contribution in [0.2, 0.25) is 0 Å². The molecule has 80 valence electrons. The molecule has 0 unspecified atom stereocenters. The molecule has 0 bridgehead atoms. The van der Waals surface area contributed by atoms with Crippen molar-refractivity contribution in [1.29, 1.82) is 0 Å². The molecule has 0 saturated carbocycles. The van der Waals surface area contributed by atoms with Gasteiger partial charge in [-0.2, -0.15) is 11.3 Å². The second-order valence-corrected chi connectivity index (χ2v) is 3.95. The summed E-state index contributed by atoms with van der Waals surface area (Å²) in [5.41, 5.74) is 9.82. The molecule has 5 nitrogen and oxygen atoms in total. The smallest absolute Gasteiger partial charge is 0.258 e. The number of nitrogens with zero attached hydrogens (tertiary/aromatic N) is 4. The van der Waals surface area contributed by atoms with E-state index in [1.54, 1.807) is 19.2 Å². The predicted molar refractivity (Wildman–Crippen MR) is 63.5 cm³/mol. The van der Waals surface area contributed by atoms with E-state index in [1.165, 1.54) is 15.9 Å². The van der Waals surface area contributed by atoms with Crippen LogP contribution in [-0.4, -0.2) is 4.57 Å². The zero-order chi connectivity index (χ0) is 11.5. The van der Waals surface area contributed by atoms with Crippen molar-refractivity contribution in [1.82, 2.24) is 4.57 Å². The van der Waals surface area contributed by atoms with E-state index in [2.05, 4.69) is 10.0 Å². The topological polar surface area (TPSA) is 70.8 Å². The molecule has 0 aliphatic rings. The Kier molecular flexibility index (Phi) is 2.76. The van der Waals surface area contributed by atoms with Gasteiger partial charge in [-0.15, -0.1) is 0 Å². The first kappa shape index (κ1) is 10.5. The lowest BCUT2D eigenvalue weighted by Gasteiger charge is -2.05. The first-order valence-corrected chi connectivity index (χ1v) is 5.48. The van der Waals surface area contributed by atoms with Gasteiger partial charge in [-0.05, 0) is 30.0 Å². The molecule has 0 saturated heterocycles. The normalized spacial score (nSPS) is 9.81. The average Bonchev–Trinajstić information content (AvgIpc) is 2.79. The number of pyridine rings is 1. The molecule has 0 N–H and O–H groups in total. The van der Waals surface area contributed by atoms with Crippen LogP contribution in [0.25, 0.3) is 16.1 Å². The van der Waals surface area contributed by atoms with Crippen LogP contribution in [-0.2, 0) is 0 Å². The molecule has 2 rings (SSSR count). The maximum Gasteiger partial charge on any atom is 0.258 e. The van der Waals surface area contributed by atoms with Crippen molar-refractivity contribution in [2.45, 2.75) is 6.92 Å². The van der Waals surface area contributed by atoms with Crippen LogP contribution in [0.4, 0.5) is 5.69 Å². The first-order chi connectivity index (χ1) is 7.74. The molecule has 0 aromatic carbocycles. The molecule has 0 aliphatic carbocycles. The third-order valence-corrected chi connectivity index (χ3v) is 2.91. The minimum absolute atomic E-state index is 0.164. The average molecular weight is 232 g/mol. The summed E-state index contributed by atoms with van der Waals surface area (Å²) in [5.74, 6) is 0. The van der Waals surface area contributed by atoms with Gasteiger partial charge in [0, 0.05) is 27.7 Å². The molecule has 0 radical (unpaired) electrons. The highest BCUT2D eigenvalue weighted by Crippen LogP contribution is 2.16. The molecule has 6 heteroatoms. The van der Waals surface area contributed by atoms with Gasteiger partial charge < -0.3 is 0 Å². The molecular weight excluding hydrogens is 224 g/mol. The molecule has 16 heavy (non-hydrogen) atoms. The zero-order valence-electron chi connectivity index (χ0n) is 8.49. The number of hydrogen-bond acceptors (Lipinski definition) is 3. The van der Waals surface area contributed by atoms with E-state index in [9.17, 15) is 4.79 Å². The van der Waals surface area contributed by atoms with Gasteiger partial charge in [0.15, 0.2) is 0 Å². The lowest BCUT2D eigenvalue weighted by atomic mass is 10.2. The van der Waals surface area contributed by atoms with Crippen LogP contribution in [0.1, 0.15) is 5.56 Å². The number of azide groups is 1. The monoisotopic (exact) mass is 232 g/mol. The summed E-state index contributed by atoms with van der Waals surface area (Å²) in [7, 11) is 0. The molecular formula is C10H8N4OS. The maximum absolute atomic E-state index is 11.9. The molecule has 0 fully saturated rings. The van der Waals surface area contributed by atoms with Gasteiger partial charge in [0.1, 0.15) is 0 Å². The van der Waals surface area contributed by atoms with Gasteiger partial charge in [0.2, 0.25) is 0 Å². The summed E-state index contributed by atoms with van der Waals surface area (Å²) in [6.07, 6.45) is 1.61. The Labute approximate surface area is 95.2 Å². The summed E-state index contributed by atoms with van der Waals surface area (Å²) >= 11 is 1.52. The van der Waals surface area contributed by atoms with Crippen molar-refractivity contribution in [3.63, 3.8) is 0 Å². The van der Waals surface area contributed by atoms with E-state index in [0.717, 1.165) is 5.69 Å². The zero-order valence-corrected chi connectivity index (χ0v) is 9.31. The van der Waals surface area contributed by atoms with Crippen LogP contribution in [0.5, 0.6) is 0 Å². The fourth-order valence-electron chi connectivity index (χ4n) is 1.38. The summed E-state index contributed by atoms with van der Waals surface area (Å²) in [6, 6.07) is 3.49. The van der Waals surface area contributed by atoms with Crippen molar-refractivity contribution in [3.8, 4) is 5.69 Å². The van der Waals surface area contributed by atoms with E-state index in [1.807, 2.05) is 16.8 Å². The lowest BCUT2D eigenvalue weighted by molar-refractivity contribution is 0.974. The largest absolute Gasteiger partial charge is 0.283 e. The van der Waals surface area contributed by atoms with E-state index in [0.29, 0.717) is 11.3 Å². The highest BCUT2D eigenvalue weighted by molar-refractivity contribution is 7.08. The van der Waals surface area contributed by atoms with Gasteiger partial charge in [0.05, 0.1) is 5.69 Å². The van der Waals surface area contributed by atoms with E-state index in [-0.39, 0.29) is 5.56 Å². The quantitative estimate of drug-likeness (QED) is 0.445. The van der Waals surface area contributed by atoms with Gasteiger partial charge >= 0.3 is 0 Å². The molecule has 2 aromatic heterocycles. The maximum atomic E-state index is 11.9. The third-order valence-electron chi connectivity index (χ3n) is 2.24. The standard InChI is InChI=1S/C10H8N4OS/c1-7-9(12-13-11)2-4-14(10(7)15)8-3-5-16-6-8/h2-6H,1H3. The van der Waals surface area contributed by atoms with Crippen LogP contribution >= 0.6 is 11.3 Å². The molecule has 2 aromatic rings. The summed E-state index contributed by atoms with van der Waals surface area (Å²) in [6.45, 7) is 1.65. The van der Waals surface area contributed by atoms with Crippen LogP contribution in [0.3, 0.4) is 0 Å². The lowest BCUT2D eigenvalue weighted by Crippen LogP contribution is -2.19. The Balaban J connectivity index is 2.65.